The van der Waals surface area contributed by atoms with Gasteiger partial charge in [0.25, 0.3) is 0 Å². The summed E-state index contributed by atoms with van der Waals surface area (Å²) >= 11 is 0. The number of benzene rings is 2. The fraction of sp³-hybridized carbons (Fsp3) is 0.167. The summed E-state index contributed by atoms with van der Waals surface area (Å²) in [6.07, 6.45) is 0. The average Bonchev–Trinajstić information content (AvgIpc) is 2.48. The first-order valence-corrected chi connectivity index (χ1v) is 7.34. The molecule has 0 radical (unpaired) electrons. The Kier molecular flexibility index (Phi) is 3.60. The zero-order chi connectivity index (χ0) is 17.6. The van der Waals surface area contributed by atoms with Crippen LogP contribution in [0.5, 0.6) is 23.0 Å². The van der Waals surface area contributed by atoms with Crippen LogP contribution in [0.2, 0.25) is 0 Å². The maximum Gasteiger partial charge on any atom is 0.197 e. The average molecular weight is 328 g/mol. The minimum Gasteiger partial charge on any atom is -0.507 e. The highest BCUT2D eigenvalue weighted by atomic mass is 16.3. The summed E-state index contributed by atoms with van der Waals surface area (Å²) in [5.74, 6) is -1.14. The van der Waals surface area contributed by atoms with Crippen LogP contribution in [0.3, 0.4) is 0 Å². The monoisotopic (exact) mass is 328 g/mol. The van der Waals surface area contributed by atoms with E-state index in [4.69, 9.17) is 4.42 Å². The van der Waals surface area contributed by atoms with E-state index in [9.17, 15) is 25.2 Å². The molecule has 3 rings (SSSR count). The summed E-state index contributed by atoms with van der Waals surface area (Å²) < 4.78 is 5.61. The zero-order valence-corrected chi connectivity index (χ0v) is 13.1. The van der Waals surface area contributed by atoms with Crippen LogP contribution in [0.25, 0.3) is 22.3 Å². The molecule has 0 unspecified atom stereocenters. The van der Waals surface area contributed by atoms with E-state index in [2.05, 4.69) is 0 Å². The van der Waals surface area contributed by atoms with E-state index < -0.39 is 5.43 Å². The minimum absolute atomic E-state index is 0.0109. The molecule has 0 aliphatic rings. The fourth-order valence-corrected chi connectivity index (χ4v) is 2.69. The molecule has 0 bridgehead atoms. The molecule has 6 heteroatoms. The SMILES string of the molecule is CC(C)c1c(O)cc2oc(-c3ccc(O)c(O)c3)cc(=O)c2c1O. The third kappa shape index (κ3) is 2.42. The molecular weight excluding hydrogens is 312 g/mol. The van der Waals surface area contributed by atoms with E-state index in [-0.39, 0.29) is 51.2 Å². The highest BCUT2D eigenvalue weighted by Crippen LogP contribution is 2.40. The Morgan fingerprint density at radius 2 is 1.62 bits per heavy atom. The molecule has 0 aliphatic carbocycles. The van der Waals surface area contributed by atoms with Gasteiger partial charge in [-0.2, -0.15) is 0 Å². The van der Waals surface area contributed by atoms with Gasteiger partial charge in [-0.25, -0.2) is 0 Å². The van der Waals surface area contributed by atoms with Crippen molar-refractivity contribution in [3.8, 4) is 34.3 Å². The first-order valence-electron chi connectivity index (χ1n) is 7.34. The Balaban J connectivity index is 2.30. The van der Waals surface area contributed by atoms with E-state index in [0.717, 1.165) is 0 Å². The van der Waals surface area contributed by atoms with Crippen LogP contribution < -0.4 is 5.43 Å². The van der Waals surface area contributed by atoms with Gasteiger partial charge in [0.1, 0.15) is 28.2 Å². The van der Waals surface area contributed by atoms with Crippen molar-refractivity contribution in [2.75, 3.05) is 0 Å². The largest absolute Gasteiger partial charge is 0.507 e. The molecule has 0 fully saturated rings. The van der Waals surface area contributed by atoms with E-state index >= 15 is 0 Å². The topological polar surface area (TPSA) is 111 Å². The number of hydrogen-bond donors (Lipinski definition) is 4. The van der Waals surface area contributed by atoms with Gasteiger partial charge in [-0.1, -0.05) is 13.8 Å². The van der Waals surface area contributed by atoms with E-state index in [1.807, 2.05) is 0 Å². The first kappa shape index (κ1) is 15.7. The first-order chi connectivity index (χ1) is 11.3. The molecular formula is C18H16O6. The summed E-state index contributed by atoms with van der Waals surface area (Å²) in [5, 5.41) is 39.4. The van der Waals surface area contributed by atoms with Crippen molar-refractivity contribution in [2.45, 2.75) is 19.8 Å². The van der Waals surface area contributed by atoms with E-state index in [1.165, 1.54) is 30.3 Å². The minimum atomic E-state index is -0.474. The number of hydrogen-bond acceptors (Lipinski definition) is 6. The summed E-state index contributed by atoms with van der Waals surface area (Å²) in [6, 6.07) is 6.47. The van der Waals surface area contributed by atoms with Crippen LogP contribution in [-0.4, -0.2) is 20.4 Å². The van der Waals surface area contributed by atoms with Crippen molar-refractivity contribution < 1.29 is 24.8 Å². The second kappa shape index (κ2) is 5.49. The molecule has 1 aromatic heterocycles. The molecule has 124 valence electrons. The van der Waals surface area contributed by atoms with Gasteiger partial charge in [-0.3, -0.25) is 4.79 Å². The number of fused-ring (bicyclic) bond motifs is 1. The molecule has 3 aromatic rings. The normalized spacial score (nSPS) is 11.3. The van der Waals surface area contributed by atoms with Crippen LogP contribution in [-0.2, 0) is 0 Å². The maximum atomic E-state index is 12.4. The molecule has 0 spiro atoms. The highest BCUT2D eigenvalue weighted by molar-refractivity contribution is 5.88. The van der Waals surface area contributed by atoms with Crippen molar-refractivity contribution in [1.82, 2.24) is 0 Å². The molecule has 2 aromatic carbocycles. The summed E-state index contributed by atoms with van der Waals surface area (Å²) in [6.45, 7) is 3.58. The third-order valence-corrected chi connectivity index (χ3v) is 3.85. The van der Waals surface area contributed by atoms with Crippen molar-refractivity contribution in [3.63, 3.8) is 0 Å². The van der Waals surface area contributed by atoms with Crippen LogP contribution in [0.4, 0.5) is 0 Å². The van der Waals surface area contributed by atoms with Crippen LogP contribution in [0.1, 0.15) is 25.3 Å². The second-order valence-electron chi connectivity index (χ2n) is 5.86. The summed E-state index contributed by atoms with van der Waals surface area (Å²) in [7, 11) is 0. The lowest BCUT2D eigenvalue weighted by Gasteiger charge is -2.13. The fourth-order valence-electron chi connectivity index (χ4n) is 2.69. The Labute approximate surface area is 136 Å². The molecule has 0 saturated heterocycles. The van der Waals surface area contributed by atoms with Crippen LogP contribution in [0, 0.1) is 0 Å². The van der Waals surface area contributed by atoms with Crippen LogP contribution >= 0.6 is 0 Å². The predicted octanol–water partition coefficient (Wildman–Crippen LogP) is 3.41. The second-order valence-corrected chi connectivity index (χ2v) is 5.86. The van der Waals surface area contributed by atoms with Crippen molar-refractivity contribution >= 4 is 11.0 Å². The molecule has 1 heterocycles. The quantitative estimate of drug-likeness (QED) is 0.537. The molecule has 0 saturated carbocycles. The number of rotatable bonds is 2. The van der Waals surface area contributed by atoms with E-state index in [0.29, 0.717) is 5.56 Å². The van der Waals surface area contributed by atoms with Gasteiger partial charge < -0.3 is 24.8 Å². The van der Waals surface area contributed by atoms with Gasteiger partial charge in [-0.15, -0.1) is 0 Å². The highest BCUT2D eigenvalue weighted by Gasteiger charge is 2.20. The lowest BCUT2D eigenvalue weighted by molar-refractivity contribution is 0.404. The number of aromatic hydroxyl groups is 4. The Bertz CT molecular complexity index is 1000. The molecule has 0 amide bonds. The van der Waals surface area contributed by atoms with Crippen LogP contribution in [0.15, 0.2) is 39.5 Å². The van der Waals surface area contributed by atoms with Gasteiger partial charge in [0.05, 0.1) is 0 Å². The molecule has 0 aliphatic heterocycles. The Morgan fingerprint density at radius 3 is 2.25 bits per heavy atom. The predicted molar refractivity (Wildman–Crippen MR) is 88.7 cm³/mol. The van der Waals surface area contributed by atoms with Crippen molar-refractivity contribution in [3.05, 3.63) is 46.1 Å². The summed E-state index contributed by atoms with van der Waals surface area (Å²) in [4.78, 5) is 12.4. The van der Waals surface area contributed by atoms with Gasteiger partial charge >= 0.3 is 0 Å². The Morgan fingerprint density at radius 1 is 0.917 bits per heavy atom. The number of phenolic OH excluding ortho intramolecular Hbond substituents is 4. The van der Waals surface area contributed by atoms with Gasteiger partial charge in [-0.05, 0) is 24.1 Å². The van der Waals surface area contributed by atoms with Crippen molar-refractivity contribution in [1.29, 1.82) is 0 Å². The van der Waals surface area contributed by atoms with E-state index in [1.54, 1.807) is 13.8 Å². The van der Waals surface area contributed by atoms with Gasteiger partial charge in [0, 0.05) is 23.3 Å². The number of phenols is 4. The lowest BCUT2D eigenvalue weighted by Crippen LogP contribution is -2.03. The maximum absolute atomic E-state index is 12.4. The molecule has 4 N–H and O–H groups in total. The van der Waals surface area contributed by atoms with Gasteiger partial charge in [0.15, 0.2) is 16.9 Å². The smallest absolute Gasteiger partial charge is 0.197 e. The lowest BCUT2D eigenvalue weighted by atomic mass is 9.98. The molecule has 24 heavy (non-hydrogen) atoms. The summed E-state index contributed by atoms with van der Waals surface area (Å²) in [5.41, 5.74) is 0.212. The third-order valence-electron chi connectivity index (χ3n) is 3.85. The molecule has 0 atom stereocenters. The zero-order valence-electron chi connectivity index (χ0n) is 13.1. The molecule has 6 nitrogen and oxygen atoms in total. The standard InChI is InChI=1S/C18H16O6/c1-8(2)16-12(21)7-15-17(18(16)23)13(22)6-14(24-15)9-3-4-10(19)11(20)5-9/h3-8,19-21,23H,1-2H3. The van der Waals surface area contributed by atoms with Crippen molar-refractivity contribution in [2.24, 2.45) is 0 Å². The van der Waals surface area contributed by atoms with Gasteiger partial charge in [0.2, 0.25) is 0 Å². The Hall–Kier alpha value is -3.15.